The van der Waals surface area contributed by atoms with Crippen LogP contribution in [0.2, 0.25) is 0 Å². The molecule has 37 heavy (non-hydrogen) atoms. The van der Waals surface area contributed by atoms with Crippen molar-refractivity contribution in [1.82, 2.24) is 19.9 Å². The Labute approximate surface area is 223 Å². The van der Waals surface area contributed by atoms with Crippen LogP contribution in [0.3, 0.4) is 0 Å². The predicted molar refractivity (Wildman–Crippen MR) is 153 cm³/mol. The highest BCUT2D eigenvalue weighted by atomic mass is 79.9. The van der Waals surface area contributed by atoms with Crippen LogP contribution < -0.4 is 0 Å². The summed E-state index contributed by atoms with van der Waals surface area (Å²) in [6.07, 6.45) is 7.16. The molecule has 0 bridgehead atoms. The Bertz CT molecular complexity index is 1650. The largest absolute Gasteiger partial charge is 0.265 e. The van der Waals surface area contributed by atoms with E-state index in [4.69, 9.17) is 9.97 Å². The third kappa shape index (κ3) is 5.08. The first kappa shape index (κ1) is 23.0. The molecule has 0 amide bonds. The molecule has 3 aromatic heterocycles. The van der Waals surface area contributed by atoms with Crippen LogP contribution >= 0.6 is 15.9 Å². The van der Waals surface area contributed by atoms with Gasteiger partial charge >= 0.3 is 0 Å². The zero-order valence-corrected chi connectivity index (χ0v) is 21.4. The Morgan fingerprint density at radius 1 is 0.432 bits per heavy atom. The summed E-state index contributed by atoms with van der Waals surface area (Å²) in [6.45, 7) is 0. The quantitative estimate of drug-likeness (QED) is 0.220. The van der Waals surface area contributed by atoms with E-state index in [1.54, 1.807) is 24.8 Å². The minimum atomic E-state index is 0.637. The molecule has 0 unspecified atom stereocenters. The molecular formula is C32H21BrN4. The van der Waals surface area contributed by atoms with Gasteiger partial charge in [0.1, 0.15) is 0 Å². The summed E-state index contributed by atoms with van der Waals surface area (Å²) >= 11 is 3.70. The summed E-state index contributed by atoms with van der Waals surface area (Å²) in [5.74, 6) is 0.637. The summed E-state index contributed by atoms with van der Waals surface area (Å²) in [6, 6.07) is 35.2. The molecule has 0 saturated carbocycles. The zero-order valence-electron chi connectivity index (χ0n) is 19.8. The Hall–Kier alpha value is -4.48. The fraction of sp³-hybridized carbons (Fsp3) is 0. The van der Waals surface area contributed by atoms with Gasteiger partial charge in [-0.1, -0.05) is 70.5 Å². The van der Waals surface area contributed by atoms with E-state index in [0.29, 0.717) is 5.82 Å². The van der Waals surface area contributed by atoms with E-state index in [9.17, 15) is 0 Å². The second-order valence-corrected chi connectivity index (χ2v) is 9.53. The first-order valence-electron chi connectivity index (χ1n) is 11.9. The maximum atomic E-state index is 4.96. The number of nitrogens with zero attached hydrogens (tertiary/aromatic N) is 4. The lowest BCUT2D eigenvalue weighted by atomic mass is 10.00. The van der Waals surface area contributed by atoms with Crippen molar-refractivity contribution < 1.29 is 0 Å². The Morgan fingerprint density at radius 3 is 1.78 bits per heavy atom. The fourth-order valence-electron chi connectivity index (χ4n) is 4.28. The van der Waals surface area contributed by atoms with Crippen molar-refractivity contribution in [3.63, 3.8) is 0 Å². The van der Waals surface area contributed by atoms with Gasteiger partial charge in [-0.15, -0.1) is 0 Å². The molecule has 0 spiro atoms. The number of hydrogen-bond donors (Lipinski definition) is 0. The van der Waals surface area contributed by atoms with E-state index in [0.717, 1.165) is 43.7 Å². The van der Waals surface area contributed by atoms with E-state index in [1.807, 2.05) is 30.3 Å². The standard InChI is InChI=1S/C32H21BrN4/c33-29-18-27(24-12-15-34-16-13-24)17-28(19-29)31-20-30(36-32(37-31)26-7-4-14-35-21-26)25-10-8-23(9-11-25)22-5-2-1-3-6-22/h1-21H. The Balaban J connectivity index is 1.47. The van der Waals surface area contributed by atoms with Gasteiger partial charge in [0, 0.05) is 46.0 Å². The van der Waals surface area contributed by atoms with Gasteiger partial charge in [0.15, 0.2) is 5.82 Å². The van der Waals surface area contributed by atoms with E-state index in [1.165, 1.54) is 11.1 Å². The minimum absolute atomic E-state index is 0.637. The zero-order chi connectivity index (χ0) is 25.0. The molecule has 0 fully saturated rings. The molecule has 0 N–H and O–H groups in total. The number of rotatable bonds is 5. The average Bonchev–Trinajstić information content (AvgIpc) is 2.98. The SMILES string of the molecule is Brc1cc(-c2ccncc2)cc(-c2cc(-c3ccc(-c4ccccc4)cc3)nc(-c3cccnc3)n2)c1. The predicted octanol–water partition coefficient (Wildman–Crippen LogP) is 8.36. The van der Waals surface area contributed by atoms with E-state index in [-0.39, 0.29) is 0 Å². The first-order chi connectivity index (χ1) is 18.2. The molecule has 4 nitrogen and oxygen atoms in total. The van der Waals surface area contributed by atoms with Crippen molar-refractivity contribution in [2.24, 2.45) is 0 Å². The van der Waals surface area contributed by atoms with Gasteiger partial charge in [-0.3, -0.25) is 9.97 Å². The van der Waals surface area contributed by atoms with E-state index in [2.05, 4.69) is 98.7 Å². The van der Waals surface area contributed by atoms with Crippen LogP contribution in [-0.2, 0) is 0 Å². The molecule has 0 aliphatic heterocycles. The lowest BCUT2D eigenvalue weighted by Gasteiger charge is -2.11. The summed E-state index contributed by atoms with van der Waals surface area (Å²) in [4.78, 5) is 18.3. The van der Waals surface area contributed by atoms with Crippen molar-refractivity contribution >= 4 is 15.9 Å². The second-order valence-electron chi connectivity index (χ2n) is 8.61. The number of pyridine rings is 2. The summed E-state index contributed by atoms with van der Waals surface area (Å²) in [7, 11) is 0. The Kier molecular flexibility index (Phi) is 6.36. The lowest BCUT2D eigenvalue weighted by Crippen LogP contribution is -1.96. The summed E-state index contributed by atoms with van der Waals surface area (Å²) < 4.78 is 0.979. The number of benzene rings is 3. The maximum Gasteiger partial charge on any atom is 0.161 e. The smallest absolute Gasteiger partial charge is 0.161 e. The van der Waals surface area contributed by atoms with E-state index < -0.39 is 0 Å². The summed E-state index contributed by atoms with van der Waals surface area (Å²) in [5.41, 5.74) is 9.12. The highest BCUT2D eigenvalue weighted by molar-refractivity contribution is 9.10. The van der Waals surface area contributed by atoms with Crippen LogP contribution in [0.25, 0.3) is 56.2 Å². The van der Waals surface area contributed by atoms with Gasteiger partial charge in [0.05, 0.1) is 11.4 Å². The molecule has 6 rings (SSSR count). The molecule has 0 aliphatic carbocycles. The molecule has 176 valence electrons. The van der Waals surface area contributed by atoms with Gasteiger partial charge in [-0.25, -0.2) is 9.97 Å². The van der Waals surface area contributed by atoms with Crippen molar-refractivity contribution in [3.05, 3.63) is 132 Å². The highest BCUT2D eigenvalue weighted by Crippen LogP contribution is 2.33. The molecular weight excluding hydrogens is 520 g/mol. The van der Waals surface area contributed by atoms with Crippen molar-refractivity contribution in [1.29, 1.82) is 0 Å². The Morgan fingerprint density at radius 2 is 1.05 bits per heavy atom. The van der Waals surface area contributed by atoms with Crippen LogP contribution in [0.1, 0.15) is 0 Å². The van der Waals surface area contributed by atoms with Crippen LogP contribution in [0.15, 0.2) is 132 Å². The van der Waals surface area contributed by atoms with E-state index >= 15 is 0 Å². The lowest BCUT2D eigenvalue weighted by molar-refractivity contribution is 1.17. The number of aromatic nitrogens is 4. The van der Waals surface area contributed by atoms with Crippen LogP contribution in [0.5, 0.6) is 0 Å². The third-order valence-electron chi connectivity index (χ3n) is 6.14. The van der Waals surface area contributed by atoms with Gasteiger partial charge < -0.3 is 0 Å². The van der Waals surface area contributed by atoms with Gasteiger partial charge in [-0.2, -0.15) is 0 Å². The molecule has 6 aromatic rings. The molecule has 3 aromatic carbocycles. The van der Waals surface area contributed by atoms with Crippen LogP contribution in [0.4, 0.5) is 0 Å². The van der Waals surface area contributed by atoms with Gasteiger partial charge in [0.25, 0.3) is 0 Å². The molecule has 5 heteroatoms. The topological polar surface area (TPSA) is 51.6 Å². The molecule has 0 saturated heterocycles. The minimum Gasteiger partial charge on any atom is -0.265 e. The van der Waals surface area contributed by atoms with Crippen LogP contribution in [0, 0.1) is 0 Å². The molecule has 0 aliphatic rings. The molecule has 0 atom stereocenters. The van der Waals surface area contributed by atoms with Gasteiger partial charge in [-0.05, 0) is 70.8 Å². The molecule has 0 radical (unpaired) electrons. The van der Waals surface area contributed by atoms with Gasteiger partial charge in [0.2, 0.25) is 0 Å². The summed E-state index contributed by atoms with van der Waals surface area (Å²) in [5, 5.41) is 0. The van der Waals surface area contributed by atoms with Crippen LogP contribution in [-0.4, -0.2) is 19.9 Å². The number of halogens is 1. The maximum absolute atomic E-state index is 4.96. The first-order valence-corrected chi connectivity index (χ1v) is 12.7. The second kappa shape index (κ2) is 10.2. The van der Waals surface area contributed by atoms with Crippen molar-refractivity contribution in [2.75, 3.05) is 0 Å². The monoisotopic (exact) mass is 540 g/mol. The van der Waals surface area contributed by atoms with Crippen molar-refractivity contribution in [3.8, 4) is 56.2 Å². The highest BCUT2D eigenvalue weighted by Gasteiger charge is 2.13. The molecule has 3 heterocycles. The fourth-order valence-corrected chi connectivity index (χ4v) is 4.77. The third-order valence-corrected chi connectivity index (χ3v) is 6.60. The normalized spacial score (nSPS) is 10.8. The number of hydrogen-bond acceptors (Lipinski definition) is 4. The van der Waals surface area contributed by atoms with Crippen molar-refractivity contribution in [2.45, 2.75) is 0 Å². The average molecular weight is 541 g/mol.